The van der Waals surface area contributed by atoms with E-state index >= 15 is 0 Å². The molecule has 1 atom stereocenters. The lowest BCUT2D eigenvalue weighted by atomic mass is 9.98. The van der Waals surface area contributed by atoms with Crippen molar-refractivity contribution in [3.63, 3.8) is 0 Å². The van der Waals surface area contributed by atoms with E-state index in [0.717, 1.165) is 28.0 Å². The molecule has 144 valence electrons. The van der Waals surface area contributed by atoms with Crippen LogP contribution in [0.3, 0.4) is 0 Å². The summed E-state index contributed by atoms with van der Waals surface area (Å²) >= 11 is 0. The van der Waals surface area contributed by atoms with E-state index in [1.165, 1.54) is 0 Å². The standard InChI is InChI=1S/C25H27NO2/c1-4-22(28-23-17-18(2)15-16-19(23)3)25(27)26-24(20-11-7-5-8-12-20)21-13-9-6-10-14-21/h5-17,22,24H,4H2,1-3H3,(H,26,27)/t22-/m0/s1. The van der Waals surface area contributed by atoms with Crippen molar-refractivity contribution >= 4 is 5.91 Å². The number of hydrogen-bond acceptors (Lipinski definition) is 2. The average Bonchev–Trinajstić information content (AvgIpc) is 2.73. The van der Waals surface area contributed by atoms with Gasteiger partial charge in [0.2, 0.25) is 0 Å². The van der Waals surface area contributed by atoms with Gasteiger partial charge in [-0.1, -0.05) is 79.7 Å². The summed E-state index contributed by atoms with van der Waals surface area (Å²) in [5, 5.41) is 3.19. The van der Waals surface area contributed by atoms with Gasteiger partial charge in [-0.15, -0.1) is 0 Å². The lowest BCUT2D eigenvalue weighted by Crippen LogP contribution is -2.40. The van der Waals surface area contributed by atoms with Gasteiger partial charge in [-0.25, -0.2) is 0 Å². The molecule has 1 N–H and O–H groups in total. The summed E-state index contributed by atoms with van der Waals surface area (Å²) in [6, 6.07) is 25.9. The largest absolute Gasteiger partial charge is 0.480 e. The summed E-state index contributed by atoms with van der Waals surface area (Å²) in [5.41, 5.74) is 4.23. The van der Waals surface area contributed by atoms with Crippen LogP contribution in [0, 0.1) is 13.8 Å². The zero-order chi connectivity index (χ0) is 19.9. The molecule has 0 aliphatic rings. The average molecular weight is 373 g/mol. The van der Waals surface area contributed by atoms with Crippen molar-refractivity contribution in [2.24, 2.45) is 0 Å². The molecule has 0 radical (unpaired) electrons. The predicted octanol–water partition coefficient (Wildman–Crippen LogP) is 5.37. The Kier molecular flexibility index (Phi) is 6.49. The van der Waals surface area contributed by atoms with Crippen molar-refractivity contribution in [2.75, 3.05) is 0 Å². The van der Waals surface area contributed by atoms with Gasteiger partial charge < -0.3 is 10.1 Å². The van der Waals surface area contributed by atoms with Gasteiger partial charge in [0.15, 0.2) is 6.10 Å². The molecule has 0 heterocycles. The first-order chi connectivity index (χ1) is 13.6. The molecule has 0 bridgehead atoms. The van der Waals surface area contributed by atoms with Crippen LogP contribution < -0.4 is 10.1 Å². The van der Waals surface area contributed by atoms with Crippen molar-refractivity contribution in [3.05, 3.63) is 101 Å². The van der Waals surface area contributed by atoms with Crippen molar-refractivity contribution in [1.29, 1.82) is 0 Å². The number of hydrogen-bond donors (Lipinski definition) is 1. The molecule has 0 saturated carbocycles. The van der Waals surface area contributed by atoms with Crippen molar-refractivity contribution < 1.29 is 9.53 Å². The zero-order valence-electron chi connectivity index (χ0n) is 16.7. The third-order valence-corrected chi connectivity index (χ3v) is 4.83. The fourth-order valence-corrected chi connectivity index (χ4v) is 3.20. The van der Waals surface area contributed by atoms with Crippen LogP contribution in [0.4, 0.5) is 0 Å². The minimum Gasteiger partial charge on any atom is -0.480 e. The summed E-state index contributed by atoms with van der Waals surface area (Å²) in [4.78, 5) is 13.1. The smallest absolute Gasteiger partial charge is 0.261 e. The monoisotopic (exact) mass is 373 g/mol. The van der Waals surface area contributed by atoms with Crippen LogP contribution in [0.1, 0.15) is 41.6 Å². The Morgan fingerprint density at radius 2 is 1.46 bits per heavy atom. The van der Waals surface area contributed by atoms with Crippen LogP contribution in [0.15, 0.2) is 78.9 Å². The molecule has 0 spiro atoms. The molecular formula is C25H27NO2. The van der Waals surface area contributed by atoms with Gasteiger partial charge >= 0.3 is 0 Å². The van der Waals surface area contributed by atoms with Crippen LogP contribution in [0.25, 0.3) is 0 Å². The van der Waals surface area contributed by atoms with Gasteiger partial charge in [-0.05, 0) is 48.6 Å². The first-order valence-corrected chi connectivity index (χ1v) is 9.72. The summed E-state index contributed by atoms with van der Waals surface area (Å²) < 4.78 is 6.10. The first-order valence-electron chi connectivity index (χ1n) is 9.72. The minimum atomic E-state index is -0.546. The Hall–Kier alpha value is -3.07. The summed E-state index contributed by atoms with van der Waals surface area (Å²) in [6.07, 6.45) is 0.0469. The van der Waals surface area contributed by atoms with Crippen molar-refractivity contribution in [1.82, 2.24) is 5.32 Å². The fraction of sp³-hybridized carbons (Fsp3) is 0.240. The van der Waals surface area contributed by atoms with E-state index in [9.17, 15) is 4.79 Å². The van der Waals surface area contributed by atoms with E-state index < -0.39 is 6.10 Å². The molecule has 3 aromatic carbocycles. The van der Waals surface area contributed by atoms with Crippen LogP contribution >= 0.6 is 0 Å². The lowest BCUT2D eigenvalue weighted by Gasteiger charge is -2.24. The normalized spacial score (nSPS) is 11.9. The highest BCUT2D eigenvalue weighted by molar-refractivity contribution is 5.82. The van der Waals surface area contributed by atoms with E-state index in [1.807, 2.05) is 99.6 Å². The number of amides is 1. The SMILES string of the molecule is CC[C@H](Oc1cc(C)ccc1C)C(=O)NC(c1ccccc1)c1ccccc1. The van der Waals surface area contributed by atoms with Crippen LogP contribution in [-0.4, -0.2) is 12.0 Å². The van der Waals surface area contributed by atoms with Gasteiger partial charge in [0, 0.05) is 0 Å². The number of rotatable bonds is 7. The maximum Gasteiger partial charge on any atom is 0.261 e. The second-order valence-electron chi connectivity index (χ2n) is 7.05. The van der Waals surface area contributed by atoms with Gasteiger partial charge in [0.25, 0.3) is 5.91 Å². The number of benzene rings is 3. The van der Waals surface area contributed by atoms with Crippen LogP contribution in [-0.2, 0) is 4.79 Å². The van der Waals surface area contributed by atoms with Gasteiger partial charge in [-0.2, -0.15) is 0 Å². The Morgan fingerprint density at radius 1 is 0.893 bits per heavy atom. The molecule has 0 aromatic heterocycles. The third kappa shape index (κ3) is 4.80. The Labute approximate surface area is 167 Å². The fourth-order valence-electron chi connectivity index (χ4n) is 3.20. The van der Waals surface area contributed by atoms with Crippen molar-refractivity contribution in [2.45, 2.75) is 39.3 Å². The predicted molar refractivity (Wildman–Crippen MR) is 113 cm³/mol. The maximum atomic E-state index is 13.1. The minimum absolute atomic E-state index is 0.110. The topological polar surface area (TPSA) is 38.3 Å². The second-order valence-corrected chi connectivity index (χ2v) is 7.05. The van der Waals surface area contributed by atoms with Gasteiger partial charge in [-0.3, -0.25) is 4.79 Å². The second kappa shape index (κ2) is 9.23. The number of aryl methyl sites for hydroxylation is 2. The van der Waals surface area contributed by atoms with Crippen LogP contribution in [0.2, 0.25) is 0 Å². The van der Waals surface area contributed by atoms with E-state index in [-0.39, 0.29) is 11.9 Å². The van der Waals surface area contributed by atoms with Crippen molar-refractivity contribution in [3.8, 4) is 5.75 Å². The van der Waals surface area contributed by atoms with Crippen LogP contribution in [0.5, 0.6) is 5.75 Å². The molecular weight excluding hydrogens is 346 g/mol. The molecule has 3 rings (SSSR count). The highest BCUT2D eigenvalue weighted by Crippen LogP contribution is 2.24. The Morgan fingerprint density at radius 3 is 2.00 bits per heavy atom. The molecule has 3 nitrogen and oxygen atoms in total. The molecule has 0 aliphatic carbocycles. The number of carbonyl (C=O) groups is 1. The van der Waals surface area contributed by atoms with Gasteiger partial charge in [0.1, 0.15) is 5.75 Å². The summed E-state index contributed by atoms with van der Waals surface area (Å²) in [6.45, 7) is 5.99. The zero-order valence-corrected chi connectivity index (χ0v) is 16.7. The lowest BCUT2D eigenvalue weighted by molar-refractivity contribution is -0.128. The van der Waals surface area contributed by atoms with E-state index in [2.05, 4.69) is 5.32 Å². The van der Waals surface area contributed by atoms with E-state index in [1.54, 1.807) is 0 Å². The third-order valence-electron chi connectivity index (χ3n) is 4.83. The molecule has 3 heteroatoms. The highest BCUT2D eigenvalue weighted by atomic mass is 16.5. The Balaban J connectivity index is 1.83. The van der Waals surface area contributed by atoms with Gasteiger partial charge in [0.05, 0.1) is 6.04 Å². The molecule has 0 aliphatic heterocycles. The Bertz CT molecular complexity index is 867. The quantitative estimate of drug-likeness (QED) is 0.605. The number of ether oxygens (including phenoxy) is 1. The number of carbonyl (C=O) groups excluding carboxylic acids is 1. The first kappa shape index (κ1) is 19.7. The number of nitrogens with one attached hydrogen (secondary N) is 1. The van der Waals surface area contributed by atoms with E-state index in [4.69, 9.17) is 4.74 Å². The molecule has 1 amide bonds. The molecule has 0 saturated heterocycles. The summed E-state index contributed by atoms with van der Waals surface area (Å²) in [5.74, 6) is 0.652. The maximum absolute atomic E-state index is 13.1. The van der Waals surface area contributed by atoms with E-state index in [0.29, 0.717) is 6.42 Å². The molecule has 0 fully saturated rings. The molecule has 28 heavy (non-hydrogen) atoms. The highest BCUT2D eigenvalue weighted by Gasteiger charge is 2.24. The molecule has 3 aromatic rings. The molecule has 0 unspecified atom stereocenters. The summed E-state index contributed by atoms with van der Waals surface area (Å²) in [7, 11) is 0.